The van der Waals surface area contributed by atoms with Crippen LogP contribution in [0.25, 0.3) is 0 Å². The van der Waals surface area contributed by atoms with Crippen molar-refractivity contribution in [3.63, 3.8) is 0 Å². The van der Waals surface area contributed by atoms with E-state index >= 15 is 0 Å². The number of anilines is 1. The summed E-state index contributed by atoms with van der Waals surface area (Å²) in [6, 6.07) is 23.8. The summed E-state index contributed by atoms with van der Waals surface area (Å²) in [6.45, 7) is 0.520. The topological polar surface area (TPSA) is 20.3 Å². The van der Waals surface area contributed by atoms with Crippen molar-refractivity contribution in [1.29, 1.82) is 0 Å². The number of fused-ring (bicyclic) bond motifs is 1. The van der Waals surface area contributed by atoms with E-state index in [0.29, 0.717) is 23.0 Å². The first kappa shape index (κ1) is 17.1. The summed E-state index contributed by atoms with van der Waals surface area (Å²) in [4.78, 5) is 14.8. The predicted octanol–water partition coefficient (Wildman–Crippen LogP) is 6.06. The zero-order chi connectivity index (χ0) is 18.1. The van der Waals surface area contributed by atoms with Crippen molar-refractivity contribution < 1.29 is 4.79 Å². The van der Waals surface area contributed by atoms with Gasteiger partial charge in [-0.15, -0.1) is 0 Å². The van der Waals surface area contributed by atoms with Crippen LogP contribution in [0.2, 0.25) is 10.0 Å². The fourth-order valence-electron chi connectivity index (χ4n) is 3.52. The Morgan fingerprint density at radius 1 is 0.885 bits per heavy atom. The molecule has 2 nitrogen and oxygen atoms in total. The minimum Gasteiger partial charge on any atom is -0.308 e. The number of hydrogen-bond acceptors (Lipinski definition) is 1. The quantitative estimate of drug-likeness (QED) is 0.539. The first-order valence-electron chi connectivity index (χ1n) is 8.51. The van der Waals surface area contributed by atoms with E-state index in [1.54, 1.807) is 0 Å². The van der Waals surface area contributed by atoms with Crippen LogP contribution in [0.3, 0.4) is 0 Å². The van der Waals surface area contributed by atoms with Crippen LogP contribution in [0.4, 0.5) is 5.69 Å². The lowest BCUT2D eigenvalue weighted by molar-refractivity contribution is -0.119. The lowest BCUT2D eigenvalue weighted by Gasteiger charge is -2.35. The standard InChI is InChI=1S/C22H17Cl2NO/c23-19-11-18-17(16-9-5-2-6-10-16)12-22(26)25(21(18)13-20(19)24)14-15-7-3-1-4-8-15/h1-11,13,17H,12,14H2. The number of nitrogens with zero attached hydrogens (tertiary/aromatic N) is 1. The molecule has 0 saturated heterocycles. The Morgan fingerprint density at radius 3 is 2.19 bits per heavy atom. The number of hydrogen-bond donors (Lipinski definition) is 0. The van der Waals surface area contributed by atoms with Crippen LogP contribution in [0.15, 0.2) is 72.8 Å². The molecule has 1 atom stereocenters. The van der Waals surface area contributed by atoms with E-state index in [2.05, 4.69) is 12.1 Å². The minimum atomic E-state index is -0.0134. The molecule has 0 aliphatic carbocycles. The molecule has 0 saturated carbocycles. The lowest BCUT2D eigenvalue weighted by Crippen LogP contribution is -2.36. The van der Waals surface area contributed by atoms with Gasteiger partial charge in [-0.2, -0.15) is 0 Å². The third-order valence-corrected chi connectivity index (χ3v) is 5.52. The first-order valence-corrected chi connectivity index (χ1v) is 9.27. The van der Waals surface area contributed by atoms with Crippen molar-refractivity contribution in [2.45, 2.75) is 18.9 Å². The molecule has 1 amide bonds. The molecule has 0 N–H and O–H groups in total. The number of rotatable bonds is 3. The van der Waals surface area contributed by atoms with Gasteiger partial charge in [0.25, 0.3) is 0 Å². The van der Waals surface area contributed by atoms with Crippen LogP contribution in [-0.4, -0.2) is 5.91 Å². The second kappa shape index (κ2) is 7.14. The lowest BCUT2D eigenvalue weighted by atomic mass is 9.84. The summed E-state index contributed by atoms with van der Waals surface area (Å²) >= 11 is 12.6. The summed E-state index contributed by atoms with van der Waals surface area (Å²) in [5, 5.41) is 0.977. The van der Waals surface area contributed by atoms with Gasteiger partial charge in [0.2, 0.25) is 5.91 Å². The highest BCUT2D eigenvalue weighted by molar-refractivity contribution is 6.42. The van der Waals surface area contributed by atoms with E-state index in [9.17, 15) is 4.79 Å². The molecule has 26 heavy (non-hydrogen) atoms. The molecule has 1 unspecified atom stereocenters. The monoisotopic (exact) mass is 381 g/mol. The number of halogens is 2. The predicted molar refractivity (Wildman–Crippen MR) is 107 cm³/mol. The highest BCUT2D eigenvalue weighted by Crippen LogP contribution is 2.43. The smallest absolute Gasteiger partial charge is 0.228 e. The van der Waals surface area contributed by atoms with Crippen molar-refractivity contribution in [2.24, 2.45) is 0 Å². The second-order valence-electron chi connectivity index (χ2n) is 6.46. The van der Waals surface area contributed by atoms with Gasteiger partial charge in [-0.05, 0) is 28.8 Å². The molecular formula is C22H17Cl2NO. The Kier molecular flexibility index (Phi) is 4.71. The maximum Gasteiger partial charge on any atom is 0.228 e. The van der Waals surface area contributed by atoms with Gasteiger partial charge in [0.15, 0.2) is 0 Å². The molecule has 3 aromatic rings. The summed E-state index contributed by atoms with van der Waals surface area (Å²) in [5.41, 5.74) is 4.07. The maximum atomic E-state index is 13.0. The first-order chi connectivity index (χ1) is 12.6. The molecule has 130 valence electrons. The molecule has 3 aromatic carbocycles. The van der Waals surface area contributed by atoms with Gasteiger partial charge >= 0.3 is 0 Å². The Morgan fingerprint density at radius 2 is 1.50 bits per heavy atom. The number of carbonyl (C=O) groups is 1. The van der Waals surface area contributed by atoms with Gasteiger partial charge < -0.3 is 4.90 Å². The molecule has 1 heterocycles. The van der Waals surface area contributed by atoms with Crippen LogP contribution in [0.1, 0.15) is 29.0 Å². The Balaban J connectivity index is 1.81. The molecule has 0 spiro atoms. The highest BCUT2D eigenvalue weighted by Gasteiger charge is 2.33. The highest BCUT2D eigenvalue weighted by atomic mass is 35.5. The number of benzene rings is 3. The van der Waals surface area contributed by atoms with Crippen LogP contribution in [0.5, 0.6) is 0 Å². The van der Waals surface area contributed by atoms with Gasteiger partial charge in [-0.3, -0.25) is 4.79 Å². The molecule has 1 aliphatic rings. The van der Waals surface area contributed by atoms with Crippen LogP contribution in [0, 0.1) is 0 Å². The van der Waals surface area contributed by atoms with Gasteiger partial charge in [-0.25, -0.2) is 0 Å². The van der Waals surface area contributed by atoms with E-state index < -0.39 is 0 Å². The van der Waals surface area contributed by atoms with Crippen LogP contribution < -0.4 is 4.90 Å². The molecule has 0 bridgehead atoms. The van der Waals surface area contributed by atoms with Gasteiger partial charge in [0.1, 0.15) is 0 Å². The zero-order valence-electron chi connectivity index (χ0n) is 14.0. The van der Waals surface area contributed by atoms with Crippen molar-refractivity contribution >= 4 is 34.8 Å². The summed E-state index contributed by atoms with van der Waals surface area (Å²) in [5.74, 6) is 0.0779. The fourth-order valence-corrected chi connectivity index (χ4v) is 3.85. The average Bonchev–Trinajstić information content (AvgIpc) is 2.67. The number of amides is 1. The third kappa shape index (κ3) is 3.23. The summed E-state index contributed by atoms with van der Waals surface area (Å²) in [6.07, 6.45) is 0.418. The Bertz CT molecular complexity index is 941. The van der Waals surface area contributed by atoms with Crippen LogP contribution >= 0.6 is 23.2 Å². The Hall–Kier alpha value is -2.29. The van der Waals surface area contributed by atoms with Crippen molar-refractivity contribution in [2.75, 3.05) is 4.90 Å². The molecule has 1 aliphatic heterocycles. The van der Waals surface area contributed by atoms with Crippen molar-refractivity contribution in [3.05, 3.63) is 99.5 Å². The molecule has 0 fully saturated rings. The van der Waals surface area contributed by atoms with Crippen LogP contribution in [-0.2, 0) is 11.3 Å². The normalized spacial score (nSPS) is 16.5. The molecule has 4 rings (SSSR count). The fraction of sp³-hybridized carbons (Fsp3) is 0.136. The Labute approximate surface area is 163 Å². The van der Waals surface area contributed by atoms with E-state index in [1.807, 2.05) is 65.6 Å². The average molecular weight is 382 g/mol. The summed E-state index contributed by atoms with van der Waals surface area (Å²) in [7, 11) is 0. The molecule has 4 heteroatoms. The molecule has 0 aromatic heterocycles. The summed E-state index contributed by atoms with van der Waals surface area (Å²) < 4.78 is 0. The SMILES string of the molecule is O=C1CC(c2ccccc2)c2cc(Cl)c(Cl)cc2N1Cc1ccccc1. The van der Waals surface area contributed by atoms with Gasteiger partial charge in [-0.1, -0.05) is 83.9 Å². The van der Waals surface area contributed by atoms with Gasteiger partial charge in [0.05, 0.1) is 16.6 Å². The van der Waals surface area contributed by atoms with E-state index in [0.717, 1.165) is 22.4 Å². The molecule has 0 radical (unpaired) electrons. The number of carbonyl (C=O) groups excluding carboxylic acids is 1. The van der Waals surface area contributed by atoms with E-state index in [-0.39, 0.29) is 11.8 Å². The maximum absolute atomic E-state index is 13.0. The van der Waals surface area contributed by atoms with E-state index in [1.165, 1.54) is 0 Å². The second-order valence-corrected chi connectivity index (χ2v) is 7.27. The van der Waals surface area contributed by atoms with E-state index in [4.69, 9.17) is 23.2 Å². The molecular weight excluding hydrogens is 365 g/mol. The van der Waals surface area contributed by atoms with Crippen molar-refractivity contribution in [1.82, 2.24) is 0 Å². The zero-order valence-corrected chi connectivity index (χ0v) is 15.5. The largest absolute Gasteiger partial charge is 0.308 e. The van der Waals surface area contributed by atoms with Gasteiger partial charge in [0, 0.05) is 18.0 Å². The van der Waals surface area contributed by atoms with Crippen molar-refractivity contribution in [3.8, 4) is 0 Å². The minimum absolute atomic E-state index is 0.0134. The third-order valence-electron chi connectivity index (χ3n) is 4.80.